The second-order valence-corrected chi connectivity index (χ2v) is 3.90. The van der Waals surface area contributed by atoms with Gasteiger partial charge in [0.15, 0.2) is 0 Å². The van der Waals surface area contributed by atoms with Crippen LogP contribution in [0.15, 0.2) is 0 Å². The number of hydrogen-bond acceptors (Lipinski definition) is 2. The van der Waals surface area contributed by atoms with Crippen molar-refractivity contribution in [2.75, 3.05) is 20.3 Å². The summed E-state index contributed by atoms with van der Waals surface area (Å²) in [5.41, 5.74) is 0. The van der Waals surface area contributed by atoms with E-state index < -0.39 is 0 Å². The van der Waals surface area contributed by atoms with Crippen molar-refractivity contribution in [3.05, 3.63) is 0 Å². The SMILES string of the molecule is CCCC1NCC(C)C1COC. The third-order valence-electron chi connectivity index (χ3n) is 2.91. The van der Waals surface area contributed by atoms with Gasteiger partial charge < -0.3 is 10.1 Å². The van der Waals surface area contributed by atoms with Crippen molar-refractivity contribution in [2.45, 2.75) is 32.7 Å². The van der Waals surface area contributed by atoms with Crippen LogP contribution in [0.2, 0.25) is 0 Å². The molecule has 0 aromatic heterocycles. The van der Waals surface area contributed by atoms with E-state index in [2.05, 4.69) is 19.2 Å². The molecule has 12 heavy (non-hydrogen) atoms. The zero-order chi connectivity index (χ0) is 8.97. The summed E-state index contributed by atoms with van der Waals surface area (Å²) in [5, 5.41) is 3.56. The van der Waals surface area contributed by atoms with Crippen molar-refractivity contribution >= 4 is 0 Å². The predicted molar refractivity (Wildman–Crippen MR) is 51.2 cm³/mol. The Morgan fingerprint density at radius 3 is 2.83 bits per heavy atom. The van der Waals surface area contributed by atoms with E-state index >= 15 is 0 Å². The standard InChI is InChI=1S/C10H21NO/c1-4-5-10-9(7-12-3)8(2)6-11-10/h8-11H,4-7H2,1-3H3. The van der Waals surface area contributed by atoms with E-state index in [1.807, 2.05) is 0 Å². The Bertz CT molecular complexity index is 125. The van der Waals surface area contributed by atoms with Crippen LogP contribution < -0.4 is 5.32 Å². The number of ether oxygens (including phenoxy) is 1. The van der Waals surface area contributed by atoms with E-state index in [-0.39, 0.29) is 0 Å². The van der Waals surface area contributed by atoms with E-state index in [4.69, 9.17) is 4.74 Å². The summed E-state index contributed by atoms with van der Waals surface area (Å²) < 4.78 is 5.23. The van der Waals surface area contributed by atoms with Crippen molar-refractivity contribution in [3.63, 3.8) is 0 Å². The zero-order valence-electron chi connectivity index (χ0n) is 8.47. The van der Waals surface area contributed by atoms with Gasteiger partial charge in [-0.15, -0.1) is 0 Å². The van der Waals surface area contributed by atoms with Gasteiger partial charge >= 0.3 is 0 Å². The second-order valence-electron chi connectivity index (χ2n) is 3.90. The van der Waals surface area contributed by atoms with Gasteiger partial charge in [0.1, 0.15) is 0 Å². The Labute approximate surface area is 75.7 Å². The first-order valence-electron chi connectivity index (χ1n) is 5.02. The molecule has 0 spiro atoms. The van der Waals surface area contributed by atoms with Crippen LogP contribution in [0.5, 0.6) is 0 Å². The van der Waals surface area contributed by atoms with Crippen LogP contribution in [0.4, 0.5) is 0 Å². The maximum absolute atomic E-state index is 5.23. The lowest BCUT2D eigenvalue weighted by Crippen LogP contribution is -2.29. The van der Waals surface area contributed by atoms with Gasteiger partial charge in [0, 0.05) is 19.1 Å². The molecule has 3 unspecified atom stereocenters. The fourth-order valence-corrected chi connectivity index (χ4v) is 2.14. The molecule has 0 bridgehead atoms. The van der Waals surface area contributed by atoms with Crippen LogP contribution in [0.1, 0.15) is 26.7 Å². The molecule has 1 N–H and O–H groups in total. The zero-order valence-corrected chi connectivity index (χ0v) is 8.47. The molecule has 0 aromatic rings. The number of nitrogens with one attached hydrogen (secondary N) is 1. The maximum Gasteiger partial charge on any atom is 0.0508 e. The van der Waals surface area contributed by atoms with Crippen LogP contribution in [0.25, 0.3) is 0 Å². The van der Waals surface area contributed by atoms with Crippen molar-refractivity contribution in [1.82, 2.24) is 5.32 Å². The molecule has 0 radical (unpaired) electrons. The molecule has 1 heterocycles. The van der Waals surface area contributed by atoms with Crippen LogP contribution in [-0.2, 0) is 4.74 Å². The lowest BCUT2D eigenvalue weighted by Gasteiger charge is -2.20. The maximum atomic E-state index is 5.23. The molecule has 2 heteroatoms. The first kappa shape index (κ1) is 10.0. The minimum Gasteiger partial charge on any atom is -0.384 e. The summed E-state index contributed by atoms with van der Waals surface area (Å²) in [6, 6.07) is 0.699. The highest BCUT2D eigenvalue weighted by Crippen LogP contribution is 2.24. The van der Waals surface area contributed by atoms with E-state index in [1.54, 1.807) is 7.11 Å². The van der Waals surface area contributed by atoms with Crippen LogP contribution in [0.3, 0.4) is 0 Å². The molecular formula is C10H21NO. The van der Waals surface area contributed by atoms with Crippen molar-refractivity contribution < 1.29 is 4.74 Å². The Kier molecular flexibility index (Phi) is 4.02. The Morgan fingerprint density at radius 2 is 2.25 bits per heavy atom. The van der Waals surface area contributed by atoms with E-state index in [0.717, 1.165) is 18.4 Å². The second kappa shape index (κ2) is 4.83. The summed E-state index contributed by atoms with van der Waals surface area (Å²) in [5.74, 6) is 1.51. The molecule has 1 aliphatic rings. The van der Waals surface area contributed by atoms with Gasteiger partial charge in [-0.05, 0) is 18.9 Å². The van der Waals surface area contributed by atoms with Crippen molar-refractivity contribution in [2.24, 2.45) is 11.8 Å². The largest absolute Gasteiger partial charge is 0.384 e. The predicted octanol–water partition coefficient (Wildman–Crippen LogP) is 1.66. The molecular weight excluding hydrogens is 150 g/mol. The van der Waals surface area contributed by atoms with Crippen molar-refractivity contribution in [3.8, 4) is 0 Å². The summed E-state index contributed by atoms with van der Waals surface area (Å²) in [4.78, 5) is 0. The molecule has 0 aliphatic carbocycles. The lowest BCUT2D eigenvalue weighted by atomic mass is 9.91. The van der Waals surface area contributed by atoms with Crippen LogP contribution in [-0.4, -0.2) is 26.3 Å². The molecule has 1 fully saturated rings. The highest BCUT2D eigenvalue weighted by molar-refractivity contribution is 4.87. The van der Waals surface area contributed by atoms with Gasteiger partial charge in [-0.3, -0.25) is 0 Å². The van der Waals surface area contributed by atoms with Gasteiger partial charge in [-0.1, -0.05) is 20.3 Å². The molecule has 72 valence electrons. The molecule has 0 amide bonds. The van der Waals surface area contributed by atoms with Crippen LogP contribution >= 0.6 is 0 Å². The molecule has 2 nitrogen and oxygen atoms in total. The molecule has 1 saturated heterocycles. The third-order valence-corrected chi connectivity index (χ3v) is 2.91. The van der Waals surface area contributed by atoms with Crippen LogP contribution in [0, 0.1) is 11.8 Å². The van der Waals surface area contributed by atoms with E-state index in [9.17, 15) is 0 Å². The average Bonchev–Trinajstić information content (AvgIpc) is 2.37. The van der Waals surface area contributed by atoms with Gasteiger partial charge in [-0.2, -0.15) is 0 Å². The quantitative estimate of drug-likeness (QED) is 0.694. The summed E-state index contributed by atoms with van der Waals surface area (Å²) in [6.07, 6.45) is 2.56. The van der Waals surface area contributed by atoms with Gasteiger partial charge in [0.05, 0.1) is 6.61 Å². The highest BCUT2D eigenvalue weighted by atomic mass is 16.5. The fourth-order valence-electron chi connectivity index (χ4n) is 2.14. The van der Waals surface area contributed by atoms with Gasteiger partial charge in [0.2, 0.25) is 0 Å². The molecule has 0 saturated carbocycles. The summed E-state index contributed by atoms with van der Waals surface area (Å²) in [6.45, 7) is 6.64. The minimum atomic E-state index is 0.699. The summed E-state index contributed by atoms with van der Waals surface area (Å²) >= 11 is 0. The lowest BCUT2D eigenvalue weighted by molar-refractivity contribution is 0.126. The minimum absolute atomic E-state index is 0.699. The number of methoxy groups -OCH3 is 1. The van der Waals surface area contributed by atoms with E-state index in [1.165, 1.54) is 19.4 Å². The third kappa shape index (κ3) is 2.20. The Morgan fingerprint density at radius 1 is 1.50 bits per heavy atom. The fraction of sp³-hybridized carbons (Fsp3) is 1.00. The molecule has 3 atom stereocenters. The Hall–Kier alpha value is -0.0800. The molecule has 1 rings (SSSR count). The first-order valence-corrected chi connectivity index (χ1v) is 5.02. The van der Waals surface area contributed by atoms with Gasteiger partial charge in [-0.25, -0.2) is 0 Å². The first-order chi connectivity index (χ1) is 5.79. The Balaban J connectivity index is 2.39. The molecule has 0 aromatic carbocycles. The number of hydrogen-bond donors (Lipinski definition) is 1. The van der Waals surface area contributed by atoms with Gasteiger partial charge in [0.25, 0.3) is 0 Å². The smallest absolute Gasteiger partial charge is 0.0508 e. The normalized spacial score (nSPS) is 35.8. The molecule has 1 aliphatic heterocycles. The monoisotopic (exact) mass is 171 g/mol. The topological polar surface area (TPSA) is 21.3 Å². The average molecular weight is 171 g/mol. The highest BCUT2D eigenvalue weighted by Gasteiger charge is 2.31. The summed E-state index contributed by atoms with van der Waals surface area (Å²) in [7, 11) is 1.80. The van der Waals surface area contributed by atoms with Crippen molar-refractivity contribution in [1.29, 1.82) is 0 Å². The number of rotatable bonds is 4. The van der Waals surface area contributed by atoms with E-state index in [0.29, 0.717) is 6.04 Å².